The lowest BCUT2D eigenvalue weighted by Crippen LogP contribution is -2.40. The highest BCUT2D eigenvalue weighted by molar-refractivity contribution is 7.80. The van der Waals surface area contributed by atoms with Crippen LogP contribution < -0.4 is 5.32 Å². The minimum absolute atomic E-state index is 0.103. The fraction of sp³-hybridized carbons (Fsp3) is 0.524. The Labute approximate surface area is 161 Å². The van der Waals surface area contributed by atoms with E-state index >= 15 is 0 Å². The highest BCUT2D eigenvalue weighted by Gasteiger charge is 2.44. The average Bonchev–Trinajstić information content (AvgIpc) is 3.14. The summed E-state index contributed by atoms with van der Waals surface area (Å²) in [6.07, 6.45) is 8.30. The van der Waals surface area contributed by atoms with E-state index in [1.54, 1.807) is 0 Å². The van der Waals surface area contributed by atoms with Gasteiger partial charge in [-0.1, -0.05) is 25.3 Å². The number of nitrogens with one attached hydrogen (secondary N) is 1. The molecule has 2 aromatic rings. The first-order valence-corrected chi connectivity index (χ1v) is 10.1. The van der Waals surface area contributed by atoms with Crippen LogP contribution in [0.5, 0.6) is 0 Å². The Kier molecular flexibility index (Phi) is 4.74. The zero-order valence-electron chi connectivity index (χ0n) is 15.9. The molecule has 3 heterocycles. The number of nitrogens with zero attached hydrogens (tertiary/aromatic N) is 3. The molecule has 0 aromatic carbocycles. The lowest BCUT2D eigenvalue weighted by Gasteiger charge is -2.37. The molecule has 4 rings (SSSR count). The molecule has 1 aliphatic carbocycles. The highest BCUT2D eigenvalue weighted by atomic mass is 32.1. The largest absolute Gasteiger partial charge is 0.352 e. The molecule has 4 nitrogen and oxygen atoms in total. The van der Waals surface area contributed by atoms with Crippen LogP contribution in [0.25, 0.3) is 0 Å². The molecular formula is C21H28N4S. The van der Waals surface area contributed by atoms with Crippen LogP contribution in [0.1, 0.15) is 66.8 Å². The number of hydrogen-bond donors (Lipinski definition) is 1. The van der Waals surface area contributed by atoms with Crippen molar-refractivity contribution in [2.45, 2.75) is 64.1 Å². The number of aryl methyl sites for hydroxylation is 1. The van der Waals surface area contributed by atoms with E-state index in [-0.39, 0.29) is 12.1 Å². The molecular weight excluding hydrogens is 340 g/mol. The van der Waals surface area contributed by atoms with Gasteiger partial charge < -0.3 is 14.8 Å². The maximum Gasteiger partial charge on any atom is 0.170 e. The van der Waals surface area contributed by atoms with Crippen molar-refractivity contribution < 1.29 is 0 Å². The lowest BCUT2D eigenvalue weighted by molar-refractivity contribution is 0.196. The molecule has 2 aliphatic rings. The van der Waals surface area contributed by atoms with Crippen LogP contribution >= 0.6 is 12.2 Å². The summed E-state index contributed by atoms with van der Waals surface area (Å²) in [6.45, 7) is 4.40. The lowest BCUT2D eigenvalue weighted by atomic mass is 9.90. The van der Waals surface area contributed by atoms with E-state index in [4.69, 9.17) is 12.2 Å². The zero-order valence-corrected chi connectivity index (χ0v) is 16.7. The smallest absolute Gasteiger partial charge is 0.170 e. The van der Waals surface area contributed by atoms with Gasteiger partial charge in [0.15, 0.2) is 5.11 Å². The first kappa shape index (κ1) is 17.5. The van der Waals surface area contributed by atoms with Gasteiger partial charge in [-0.05, 0) is 62.7 Å². The number of pyridine rings is 1. The van der Waals surface area contributed by atoms with Crippen LogP contribution in [-0.4, -0.2) is 25.6 Å². The molecule has 1 saturated carbocycles. The second-order valence-electron chi connectivity index (χ2n) is 7.71. The first-order chi connectivity index (χ1) is 12.6. The Morgan fingerprint density at radius 1 is 1.15 bits per heavy atom. The van der Waals surface area contributed by atoms with E-state index in [1.807, 2.05) is 12.3 Å². The van der Waals surface area contributed by atoms with Gasteiger partial charge in [-0.3, -0.25) is 4.98 Å². The molecule has 1 saturated heterocycles. The molecule has 0 unspecified atom stereocenters. The summed E-state index contributed by atoms with van der Waals surface area (Å²) < 4.78 is 2.28. The van der Waals surface area contributed by atoms with Crippen molar-refractivity contribution in [3.63, 3.8) is 0 Å². The summed E-state index contributed by atoms with van der Waals surface area (Å²) in [5.41, 5.74) is 5.05. The van der Waals surface area contributed by atoms with Crippen molar-refractivity contribution in [1.29, 1.82) is 0 Å². The molecule has 138 valence electrons. The van der Waals surface area contributed by atoms with E-state index < -0.39 is 0 Å². The quantitative estimate of drug-likeness (QED) is 0.817. The number of thiocarbonyl (C=S) groups is 1. The molecule has 0 spiro atoms. The van der Waals surface area contributed by atoms with Crippen molar-refractivity contribution >= 4 is 17.3 Å². The van der Waals surface area contributed by atoms with E-state index in [9.17, 15) is 0 Å². The second kappa shape index (κ2) is 7.03. The van der Waals surface area contributed by atoms with Gasteiger partial charge in [-0.2, -0.15) is 0 Å². The van der Waals surface area contributed by atoms with Crippen molar-refractivity contribution in [1.82, 2.24) is 19.8 Å². The fourth-order valence-corrected chi connectivity index (χ4v) is 5.02. The summed E-state index contributed by atoms with van der Waals surface area (Å²) in [5.74, 6) is 0. The van der Waals surface area contributed by atoms with E-state index in [1.165, 1.54) is 49.1 Å². The van der Waals surface area contributed by atoms with Gasteiger partial charge in [-0.15, -0.1) is 0 Å². The maximum absolute atomic E-state index is 5.84. The van der Waals surface area contributed by atoms with Crippen LogP contribution in [0, 0.1) is 13.8 Å². The van der Waals surface area contributed by atoms with Crippen LogP contribution in [0.15, 0.2) is 30.5 Å². The van der Waals surface area contributed by atoms with Gasteiger partial charge >= 0.3 is 0 Å². The predicted molar refractivity (Wildman–Crippen MR) is 109 cm³/mol. The summed E-state index contributed by atoms with van der Waals surface area (Å²) >= 11 is 5.84. The van der Waals surface area contributed by atoms with Crippen molar-refractivity contribution in [3.8, 4) is 0 Å². The molecule has 2 aromatic heterocycles. The standard InChI is InChI=1S/C21H28N4S/c1-14-13-17(15(2)24(14)3)20-19(18-11-7-8-12-22-18)23-21(26)25(20)16-9-5-4-6-10-16/h7-8,11-13,16,19-20H,4-6,9-10H2,1-3H3,(H,23,26)/t19-,20+/m1/s1. The summed E-state index contributed by atoms with van der Waals surface area (Å²) in [5, 5.41) is 4.50. The van der Waals surface area contributed by atoms with E-state index in [0.29, 0.717) is 6.04 Å². The molecule has 0 bridgehead atoms. The number of hydrogen-bond acceptors (Lipinski definition) is 2. The summed E-state index contributed by atoms with van der Waals surface area (Å²) in [4.78, 5) is 7.15. The Morgan fingerprint density at radius 2 is 1.92 bits per heavy atom. The minimum atomic E-state index is 0.103. The Bertz CT molecular complexity index is 792. The second-order valence-corrected chi connectivity index (χ2v) is 8.10. The average molecular weight is 369 g/mol. The van der Waals surface area contributed by atoms with Crippen molar-refractivity contribution in [2.24, 2.45) is 7.05 Å². The minimum Gasteiger partial charge on any atom is -0.352 e. The summed E-state index contributed by atoms with van der Waals surface area (Å²) in [6, 6.07) is 9.33. The monoisotopic (exact) mass is 368 g/mol. The fourth-order valence-electron chi connectivity index (χ4n) is 4.63. The van der Waals surface area contributed by atoms with Crippen LogP contribution in [0.3, 0.4) is 0 Å². The number of rotatable bonds is 3. The first-order valence-electron chi connectivity index (χ1n) is 9.70. The summed E-state index contributed by atoms with van der Waals surface area (Å²) in [7, 11) is 2.15. The molecule has 0 radical (unpaired) electrons. The van der Waals surface area contributed by atoms with E-state index in [2.05, 4.69) is 58.9 Å². The van der Waals surface area contributed by atoms with Crippen LogP contribution in [-0.2, 0) is 7.05 Å². The third-order valence-electron chi connectivity index (χ3n) is 6.24. The highest BCUT2D eigenvalue weighted by Crippen LogP contribution is 2.43. The third-order valence-corrected chi connectivity index (χ3v) is 6.57. The molecule has 1 aliphatic heterocycles. The SMILES string of the molecule is Cc1cc([C@H]2[C@@H](c3ccccn3)NC(=S)N2C2CCCCC2)c(C)n1C. The Balaban J connectivity index is 1.79. The topological polar surface area (TPSA) is 33.1 Å². The van der Waals surface area contributed by atoms with Crippen molar-refractivity contribution in [3.05, 3.63) is 53.1 Å². The van der Waals surface area contributed by atoms with Crippen molar-refractivity contribution in [2.75, 3.05) is 0 Å². The third kappa shape index (κ3) is 2.92. The van der Waals surface area contributed by atoms with Crippen LogP contribution in [0.4, 0.5) is 0 Å². The van der Waals surface area contributed by atoms with Gasteiger partial charge in [-0.25, -0.2) is 0 Å². The van der Waals surface area contributed by atoms with Gasteiger partial charge in [0.2, 0.25) is 0 Å². The molecule has 26 heavy (non-hydrogen) atoms. The van der Waals surface area contributed by atoms with Crippen LogP contribution in [0.2, 0.25) is 0 Å². The Hall–Kier alpha value is -1.88. The molecule has 1 N–H and O–H groups in total. The maximum atomic E-state index is 5.84. The van der Waals surface area contributed by atoms with Gasteiger partial charge in [0.1, 0.15) is 0 Å². The molecule has 2 fully saturated rings. The van der Waals surface area contributed by atoms with Gasteiger partial charge in [0.05, 0.1) is 17.8 Å². The zero-order chi connectivity index (χ0) is 18.3. The predicted octanol–water partition coefficient (Wildman–Crippen LogP) is 4.34. The normalized spacial score (nSPS) is 24.1. The van der Waals surface area contributed by atoms with Gasteiger partial charge in [0.25, 0.3) is 0 Å². The molecule has 2 atom stereocenters. The molecule has 5 heteroatoms. The Morgan fingerprint density at radius 3 is 2.54 bits per heavy atom. The number of aromatic nitrogens is 2. The molecule has 0 amide bonds. The van der Waals surface area contributed by atoms with E-state index in [0.717, 1.165) is 10.8 Å². The van der Waals surface area contributed by atoms with Gasteiger partial charge in [0, 0.05) is 30.7 Å².